The van der Waals surface area contributed by atoms with Gasteiger partial charge in [-0.3, -0.25) is 9.69 Å². The third-order valence-electron chi connectivity index (χ3n) is 5.92. The molecule has 0 aromatic heterocycles. The lowest BCUT2D eigenvalue weighted by Gasteiger charge is -2.36. The molecule has 32 heavy (non-hydrogen) atoms. The fourth-order valence-electron chi connectivity index (χ4n) is 3.74. The van der Waals surface area contributed by atoms with E-state index in [-0.39, 0.29) is 24.5 Å². The Kier molecular flexibility index (Phi) is 8.25. The number of nitrogens with one attached hydrogen (secondary N) is 1. The number of amides is 2. The molecule has 0 spiro atoms. The number of rotatable bonds is 8. The molecule has 0 aliphatic carbocycles. The van der Waals surface area contributed by atoms with E-state index in [1.807, 2.05) is 11.8 Å². The van der Waals surface area contributed by atoms with Crippen molar-refractivity contribution in [1.29, 1.82) is 0 Å². The van der Waals surface area contributed by atoms with Crippen molar-refractivity contribution in [2.75, 3.05) is 62.8 Å². The van der Waals surface area contributed by atoms with Gasteiger partial charge in [-0.25, -0.2) is 9.18 Å². The van der Waals surface area contributed by atoms with Crippen LogP contribution >= 0.6 is 12.2 Å². The number of benzene rings is 1. The molecule has 2 aliphatic heterocycles. The van der Waals surface area contributed by atoms with Crippen LogP contribution in [0.25, 0.3) is 0 Å². The van der Waals surface area contributed by atoms with Crippen molar-refractivity contribution in [3.63, 3.8) is 0 Å². The largest absolute Gasteiger partial charge is 0.442 e. The summed E-state index contributed by atoms with van der Waals surface area (Å²) < 4.78 is 25.2. The molecule has 2 aliphatic rings. The van der Waals surface area contributed by atoms with E-state index >= 15 is 0 Å². The van der Waals surface area contributed by atoms with Crippen LogP contribution in [0.1, 0.15) is 20.3 Å². The zero-order chi connectivity index (χ0) is 23.3. The van der Waals surface area contributed by atoms with Crippen LogP contribution in [0.2, 0.25) is 0 Å². The maximum absolute atomic E-state index is 14.9. The van der Waals surface area contributed by atoms with Crippen molar-refractivity contribution in [1.82, 2.24) is 10.2 Å². The molecule has 2 atom stereocenters. The van der Waals surface area contributed by atoms with E-state index in [9.17, 15) is 14.0 Å². The van der Waals surface area contributed by atoms with Crippen molar-refractivity contribution >= 4 is 40.6 Å². The molecule has 10 heteroatoms. The first-order chi connectivity index (χ1) is 15.3. The lowest BCUT2D eigenvalue weighted by molar-refractivity contribution is -0.135. The van der Waals surface area contributed by atoms with Crippen molar-refractivity contribution < 1.29 is 23.5 Å². The summed E-state index contributed by atoms with van der Waals surface area (Å²) in [4.78, 5) is 30.1. The number of thiocarbonyl (C=S) groups is 1. The van der Waals surface area contributed by atoms with E-state index in [0.29, 0.717) is 50.6 Å². The van der Waals surface area contributed by atoms with Gasteiger partial charge in [-0.05, 0) is 24.6 Å². The van der Waals surface area contributed by atoms with E-state index in [1.165, 1.54) is 18.1 Å². The van der Waals surface area contributed by atoms with Crippen molar-refractivity contribution in [2.24, 2.45) is 5.92 Å². The molecule has 176 valence electrons. The first-order valence-electron chi connectivity index (χ1n) is 10.9. The van der Waals surface area contributed by atoms with Crippen LogP contribution in [0.5, 0.6) is 0 Å². The number of carbonyl (C=O) groups is 2. The van der Waals surface area contributed by atoms with Gasteiger partial charge in [-0.2, -0.15) is 0 Å². The first-order valence-corrected chi connectivity index (χ1v) is 11.3. The van der Waals surface area contributed by atoms with Gasteiger partial charge >= 0.3 is 6.09 Å². The normalized spacial score (nSPS) is 19.7. The van der Waals surface area contributed by atoms with Crippen LogP contribution in [0.3, 0.4) is 0 Å². The van der Waals surface area contributed by atoms with Crippen LogP contribution < -0.4 is 15.1 Å². The van der Waals surface area contributed by atoms with Crippen molar-refractivity contribution in [3.05, 3.63) is 24.0 Å². The van der Waals surface area contributed by atoms with Gasteiger partial charge < -0.3 is 24.6 Å². The summed E-state index contributed by atoms with van der Waals surface area (Å²) in [7, 11) is 1.49. The fourth-order valence-corrected chi connectivity index (χ4v) is 3.99. The molecule has 2 unspecified atom stereocenters. The number of nitrogens with zero attached hydrogens (tertiary/aromatic N) is 3. The van der Waals surface area contributed by atoms with E-state index in [1.54, 1.807) is 17.0 Å². The van der Waals surface area contributed by atoms with E-state index < -0.39 is 11.9 Å². The van der Waals surface area contributed by atoms with Crippen LogP contribution in [0, 0.1) is 11.7 Å². The number of hydrogen-bond acceptors (Lipinski definition) is 6. The van der Waals surface area contributed by atoms with Gasteiger partial charge in [0, 0.05) is 39.2 Å². The summed E-state index contributed by atoms with van der Waals surface area (Å²) in [5, 5.41) is 3.16. The molecular weight excluding hydrogens is 435 g/mol. The molecule has 0 saturated carbocycles. The lowest BCUT2D eigenvalue weighted by Crippen LogP contribution is -2.50. The number of halogens is 1. The molecular formula is C22H31FN4O4S. The van der Waals surface area contributed by atoms with Gasteiger partial charge in [0.05, 0.1) is 29.5 Å². The molecule has 8 nitrogen and oxygen atoms in total. The van der Waals surface area contributed by atoms with Gasteiger partial charge in [0.15, 0.2) is 0 Å². The number of anilines is 2. The SMILES string of the molecule is CCC(C)C(=S)NCC1CN(c2ccc(N3CCN(C(=O)COC)CC3)c(F)c2)C(=O)O1. The lowest BCUT2D eigenvalue weighted by atomic mass is 10.1. The summed E-state index contributed by atoms with van der Waals surface area (Å²) in [5.41, 5.74) is 0.912. The molecule has 1 N–H and O–H groups in total. The van der Waals surface area contributed by atoms with E-state index in [2.05, 4.69) is 12.2 Å². The predicted octanol–water partition coefficient (Wildman–Crippen LogP) is 2.41. The number of cyclic esters (lactones) is 1. The number of methoxy groups -OCH3 is 1. The molecule has 2 amide bonds. The Bertz CT molecular complexity index is 847. The Morgan fingerprint density at radius 2 is 2.06 bits per heavy atom. The zero-order valence-corrected chi connectivity index (χ0v) is 19.6. The van der Waals surface area contributed by atoms with Crippen LogP contribution in [-0.2, 0) is 14.3 Å². The Labute approximate surface area is 193 Å². The second kappa shape index (κ2) is 10.9. The molecule has 0 bridgehead atoms. The molecule has 3 rings (SSSR count). The molecule has 1 aromatic carbocycles. The molecule has 2 fully saturated rings. The first kappa shape index (κ1) is 24.2. The maximum atomic E-state index is 14.9. The fraction of sp³-hybridized carbons (Fsp3) is 0.591. The number of hydrogen-bond donors (Lipinski definition) is 1. The summed E-state index contributed by atoms with van der Waals surface area (Å²) in [6.45, 7) is 6.99. The van der Waals surface area contributed by atoms with Gasteiger partial charge in [0.25, 0.3) is 0 Å². The quantitative estimate of drug-likeness (QED) is 0.590. The Morgan fingerprint density at radius 1 is 1.34 bits per heavy atom. The molecule has 0 radical (unpaired) electrons. The third-order valence-corrected chi connectivity index (χ3v) is 6.47. The van der Waals surface area contributed by atoms with Crippen molar-refractivity contribution in [3.8, 4) is 0 Å². The topological polar surface area (TPSA) is 74.4 Å². The number of carbonyl (C=O) groups excluding carboxylic acids is 2. The van der Waals surface area contributed by atoms with E-state index in [0.717, 1.165) is 11.4 Å². The minimum Gasteiger partial charge on any atom is -0.442 e. The Morgan fingerprint density at radius 3 is 2.69 bits per heavy atom. The average Bonchev–Trinajstić information content (AvgIpc) is 3.17. The van der Waals surface area contributed by atoms with Crippen LogP contribution in [0.15, 0.2) is 18.2 Å². The standard InChI is InChI=1S/C22H31FN4O4S/c1-4-15(2)21(32)24-12-17-13-27(22(29)31-17)16-5-6-19(18(23)11-16)25-7-9-26(10-8-25)20(28)14-30-3/h5-6,11,15,17H,4,7-10,12-14H2,1-3H3,(H,24,32). The Hall–Kier alpha value is -2.46. The molecule has 2 saturated heterocycles. The highest BCUT2D eigenvalue weighted by Gasteiger charge is 2.33. The predicted molar refractivity (Wildman–Crippen MR) is 125 cm³/mol. The van der Waals surface area contributed by atoms with Crippen LogP contribution in [-0.4, -0.2) is 81.0 Å². The Balaban J connectivity index is 1.58. The number of piperazine rings is 1. The van der Waals surface area contributed by atoms with Crippen LogP contribution in [0.4, 0.5) is 20.6 Å². The highest BCUT2D eigenvalue weighted by molar-refractivity contribution is 7.80. The van der Waals surface area contributed by atoms with E-state index in [4.69, 9.17) is 21.7 Å². The van der Waals surface area contributed by atoms with Gasteiger partial charge in [0.2, 0.25) is 5.91 Å². The second-order valence-corrected chi connectivity index (χ2v) is 8.55. The summed E-state index contributed by atoms with van der Waals surface area (Å²) >= 11 is 5.34. The minimum atomic E-state index is -0.497. The zero-order valence-electron chi connectivity index (χ0n) is 18.8. The monoisotopic (exact) mass is 466 g/mol. The highest BCUT2D eigenvalue weighted by Crippen LogP contribution is 2.28. The van der Waals surface area contributed by atoms with Gasteiger partial charge in [-0.1, -0.05) is 26.1 Å². The summed E-state index contributed by atoms with van der Waals surface area (Å²) in [5.74, 6) is -0.212. The third kappa shape index (κ3) is 5.66. The second-order valence-electron chi connectivity index (χ2n) is 8.11. The molecule has 1 aromatic rings. The smallest absolute Gasteiger partial charge is 0.414 e. The summed E-state index contributed by atoms with van der Waals surface area (Å²) in [6.07, 6.45) is 0.0839. The minimum absolute atomic E-state index is 0.0505. The number of ether oxygens (including phenoxy) is 2. The highest BCUT2D eigenvalue weighted by atomic mass is 32.1. The van der Waals surface area contributed by atoms with Crippen molar-refractivity contribution in [2.45, 2.75) is 26.4 Å². The molecule has 2 heterocycles. The summed E-state index contributed by atoms with van der Waals surface area (Å²) in [6, 6.07) is 4.76. The average molecular weight is 467 g/mol. The van der Waals surface area contributed by atoms with Gasteiger partial charge in [0.1, 0.15) is 18.5 Å². The van der Waals surface area contributed by atoms with Gasteiger partial charge in [-0.15, -0.1) is 0 Å². The maximum Gasteiger partial charge on any atom is 0.414 e.